The second-order valence-electron chi connectivity index (χ2n) is 3.01. The number of carbonyl (C=O) groups excluding carboxylic acids is 1. The van der Waals surface area contributed by atoms with Crippen LogP contribution in [0, 0.1) is 5.92 Å². The van der Waals surface area contributed by atoms with Gasteiger partial charge in [0.15, 0.2) is 0 Å². The average molecular weight is 250 g/mol. The first-order chi connectivity index (χ1) is 5.91. The van der Waals surface area contributed by atoms with E-state index in [4.69, 9.17) is 5.11 Å². The predicted molar refractivity (Wildman–Crippen MR) is 56.0 cm³/mol. The summed E-state index contributed by atoms with van der Waals surface area (Å²) in [5.74, 6) is -1.20. The van der Waals surface area contributed by atoms with Gasteiger partial charge in [-0.05, 0) is 12.3 Å². The van der Waals surface area contributed by atoms with E-state index in [9.17, 15) is 9.59 Å². The molecule has 6 heteroatoms. The number of carbonyl (C=O) groups is 2. The molecule has 0 aliphatic carbocycles. The minimum atomic E-state index is -1.03. The number of rotatable bonds is 4. The minimum absolute atomic E-state index is 0. The summed E-state index contributed by atoms with van der Waals surface area (Å²) in [4.78, 5) is 21.8. The quantitative estimate of drug-likeness (QED) is 0.305. The standard InChI is InChI=1S/C9H14O3S.2Na.2H/c1-4-6(9(12)13)7(5(2)3)8(10)11;;;;/h5H,4H2,1-3H3,(H,10,11)(H,12,13);;;;/q;2*+1;2*-1/b7-6-;;;;. The molecule has 0 saturated heterocycles. The number of hydrogen-bond acceptors (Lipinski definition) is 2. The zero-order valence-electron chi connectivity index (χ0n) is 12.0. The van der Waals surface area contributed by atoms with Gasteiger partial charge in [0.05, 0.1) is 0 Å². The molecule has 1 N–H and O–H groups in total. The van der Waals surface area contributed by atoms with E-state index in [1.165, 1.54) is 0 Å². The molecule has 0 bridgehead atoms. The Bertz CT molecular complexity index is 271. The average Bonchev–Trinajstić information content (AvgIpc) is 1.97. The summed E-state index contributed by atoms with van der Waals surface area (Å²) >= 11 is 3.64. The number of carboxylic acids is 1. The van der Waals surface area contributed by atoms with E-state index in [2.05, 4.69) is 12.6 Å². The monoisotopic (exact) mass is 250 g/mol. The van der Waals surface area contributed by atoms with Gasteiger partial charge in [0.25, 0.3) is 0 Å². The van der Waals surface area contributed by atoms with E-state index >= 15 is 0 Å². The van der Waals surface area contributed by atoms with Gasteiger partial charge < -0.3 is 7.96 Å². The summed E-state index contributed by atoms with van der Waals surface area (Å²) in [5, 5.41) is 8.40. The Morgan fingerprint density at radius 2 is 1.73 bits per heavy atom. The second kappa shape index (κ2) is 10.4. The Kier molecular flexibility index (Phi) is 14.9. The molecule has 0 spiro atoms. The molecule has 0 aliphatic rings. The van der Waals surface area contributed by atoms with Crippen LogP contribution in [0.15, 0.2) is 11.1 Å². The molecule has 0 aromatic carbocycles. The zero-order chi connectivity index (χ0) is 10.6. The van der Waals surface area contributed by atoms with Crippen molar-refractivity contribution in [2.75, 3.05) is 0 Å². The molecule has 0 aromatic rings. The molecule has 0 aromatic heterocycles. The normalized spacial score (nSPS) is 11.0. The predicted octanol–water partition coefficient (Wildman–Crippen LogP) is -3.88. The van der Waals surface area contributed by atoms with Crippen molar-refractivity contribution in [3.63, 3.8) is 0 Å². The third-order valence-electron chi connectivity index (χ3n) is 1.74. The van der Waals surface area contributed by atoms with Crippen LogP contribution >= 0.6 is 12.6 Å². The summed E-state index contributed by atoms with van der Waals surface area (Å²) in [6.45, 7) is 5.24. The van der Waals surface area contributed by atoms with E-state index in [1.54, 1.807) is 20.8 Å². The number of aliphatic carboxylic acids is 1. The Morgan fingerprint density at radius 1 is 1.33 bits per heavy atom. The van der Waals surface area contributed by atoms with E-state index in [0.717, 1.165) is 0 Å². The van der Waals surface area contributed by atoms with Crippen molar-refractivity contribution < 1.29 is 76.7 Å². The Labute approximate surface area is 143 Å². The van der Waals surface area contributed by atoms with E-state index in [-0.39, 0.29) is 73.5 Å². The molecule has 15 heavy (non-hydrogen) atoms. The fourth-order valence-corrected chi connectivity index (χ4v) is 1.46. The van der Waals surface area contributed by atoms with Crippen LogP contribution in [-0.4, -0.2) is 16.2 Å². The van der Waals surface area contributed by atoms with Crippen LogP contribution < -0.4 is 59.1 Å². The van der Waals surface area contributed by atoms with Crippen molar-refractivity contribution in [2.45, 2.75) is 27.2 Å². The van der Waals surface area contributed by atoms with Crippen LogP contribution in [0.5, 0.6) is 0 Å². The molecule has 0 radical (unpaired) electrons. The molecule has 0 aliphatic heterocycles. The zero-order valence-corrected chi connectivity index (χ0v) is 14.9. The van der Waals surface area contributed by atoms with Gasteiger partial charge in [0, 0.05) is 11.1 Å². The Morgan fingerprint density at radius 3 is 1.80 bits per heavy atom. The molecule has 0 saturated carbocycles. The van der Waals surface area contributed by atoms with Crippen molar-refractivity contribution >= 4 is 23.7 Å². The number of hydrogen-bond donors (Lipinski definition) is 2. The van der Waals surface area contributed by atoms with E-state index in [0.29, 0.717) is 12.0 Å². The summed E-state index contributed by atoms with van der Waals surface area (Å²) in [7, 11) is 0. The van der Waals surface area contributed by atoms with Crippen molar-refractivity contribution in [3.05, 3.63) is 11.1 Å². The van der Waals surface area contributed by atoms with Crippen LogP contribution in [0.4, 0.5) is 0 Å². The Balaban J connectivity index is -0.000000120. The molecule has 0 atom stereocenters. The molecular weight excluding hydrogens is 234 g/mol. The molecule has 0 amide bonds. The van der Waals surface area contributed by atoms with Crippen molar-refractivity contribution in [1.29, 1.82) is 0 Å². The molecule has 0 fully saturated rings. The third kappa shape index (κ3) is 7.21. The molecule has 0 rings (SSSR count). The summed E-state index contributed by atoms with van der Waals surface area (Å²) in [5.41, 5.74) is 0.466. The Hall–Kier alpha value is 1.23. The molecule has 78 valence electrons. The van der Waals surface area contributed by atoms with Crippen molar-refractivity contribution in [2.24, 2.45) is 5.92 Å². The van der Waals surface area contributed by atoms with Gasteiger partial charge >= 0.3 is 65.1 Å². The van der Waals surface area contributed by atoms with Crippen LogP contribution in [0.25, 0.3) is 0 Å². The first-order valence-electron chi connectivity index (χ1n) is 4.11. The fraction of sp³-hybridized carbons (Fsp3) is 0.556. The van der Waals surface area contributed by atoms with E-state index in [1.807, 2.05) is 0 Å². The molecule has 0 heterocycles. The smallest absolute Gasteiger partial charge is 1.00 e. The van der Waals surface area contributed by atoms with Gasteiger partial charge in [-0.1, -0.05) is 20.8 Å². The SMILES string of the molecule is CC/C(C(=O)S)=C(/C(=O)O)C(C)C.[H-].[H-].[Na+].[Na+]. The van der Waals surface area contributed by atoms with Gasteiger partial charge in [0.1, 0.15) is 0 Å². The van der Waals surface area contributed by atoms with Crippen molar-refractivity contribution in [1.82, 2.24) is 0 Å². The van der Waals surface area contributed by atoms with Gasteiger partial charge in [-0.2, -0.15) is 0 Å². The minimum Gasteiger partial charge on any atom is -1.00 e. The second-order valence-corrected chi connectivity index (χ2v) is 3.42. The first-order valence-corrected chi connectivity index (χ1v) is 4.56. The maximum Gasteiger partial charge on any atom is 1.00 e. The molecule has 0 unspecified atom stereocenters. The first kappa shape index (κ1) is 21.5. The maximum atomic E-state index is 11.0. The topological polar surface area (TPSA) is 54.4 Å². The third-order valence-corrected chi connectivity index (χ3v) is 2.01. The van der Waals surface area contributed by atoms with Crippen LogP contribution in [0.2, 0.25) is 0 Å². The van der Waals surface area contributed by atoms with Crippen LogP contribution in [-0.2, 0) is 9.59 Å². The van der Waals surface area contributed by atoms with Crippen LogP contribution in [0.3, 0.4) is 0 Å². The van der Waals surface area contributed by atoms with Crippen LogP contribution in [0.1, 0.15) is 30.0 Å². The number of carboxylic acid groups (broad SMARTS) is 1. The van der Waals surface area contributed by atoms with Gasteiger partial charge in [0.2, 0.25) is 5.12 Å². The maximum absolute atomic E-state index is 11.0. The largest absolute Gasteiger partial charge is 1.00 e. The van der Waals surface area contributed by atoms with Gasteiger partial charge in [-0.3, -0.25) is 4.79 Å². The summed E-state index contributed by atoms with van der Waals surface area (Å²) in [6.07, 6.45) is 0.405. The van der Waals surface area contributed by atoms with Gasteiger partial charge in [-0.15, -0.1) is 12.6 Å². The van der Waals surface area contributed by atoms with Crippen molar-refractivity contribution in [3.8, 4) is 0 Å². The molecular formula is C9H16Na2O3S. The summed E-state index contributed by atoms with van der Waals surface area (Å²) < 4.78 is 0. The summed E-state index contributed by atoms with van der Waals surface area (Å²) in [6, 6.07) is 0. The number of thiol groups is 1. The van der Waals surface area contributed by atoms with Gasteiger partial charge in [-0.25, -0.2) is 4.79 Å². The fourth-order valence-electron chi connectivity index (χ4n) is 1.18. The molecule has 3 nitrogen and oxygen atoms in total. The van der Waals surface area contributed by atoms with E-state index < -0.39 is 11.1 Å².